The fourth-order valence-electron chi connectivity index (χ4n) is 2.95. The van der Waals surface area contributed by atoms with E-state index in [1.807, 2.05) is 39.0 Å². The molecule has 1 unspecified atom stereocenters. The number of ether oxygens (including phenoxy) is 2. The van der Waals surface area contributed by atoms with Crippen LogP contribution in [0, 0.1) is 0 Å². The van der Waals surface area contributed by atoms with Crippen LogP contribution in [0.25, 0.3) is 10.9 Å². The summed E-state index contributed by atoms with van der Waals surface area (Å²) in [5, 5.41) is 4.38. The maximum Gasteiger partial charge on any atom is 0.258 e. The second kappa shape index (κ2) is 9.08. The van der Waals surface area contributed by atoms with Gasteiger partial charge in [-0.25, -0.2) is 4.98 Å². The summed E-state index contributed by atoms with van der Waals surface area (Å²) < 4.78 is 11.3. The number of aromatic amines is 1. The molecule has 7 heteroatoms. The maximum absolute atomic E-state index is 12.3. The first-order chi connectivity index (χ1) is 13.5. The third kappa shape index (κ3) is 4.64. The minimum absolute atomic E-state index is 0.0288. The van der Waals surface area contributed by atoms with Gasteiger partial charge in [-0.1, -0.05) is 17.7 Å². The van der Waals surface area contributed by atoms with Gasteiger partial charge in [-0.2, -0.15) is 0 Å². The number of hydrogen-bond donors (Lipinski definition) is 2. The molecule has 0 bridgehead atoms. The van der Waals surface area contributed by atoms with Crippen LogP contribution in [0.3, 0.4) is 0 Å². The van der Waals surface area contributed by atoms with Crippen molar-refractivity contribution in [3.63, 3.8) is 0 Å². The Balaban J connectivity index is 1.75. The zero-order valence-corrected chi connectivity index (χ0v) is 17.0. The quantitative estimate of drug-likeness (QED) is 0.590. The van der Waals surface area contributed by atoms with Crippen molar-refractivity contribution in [2.24, 2.45) is 0 Å². The zero-order chi connectivity index (χ0) is 20.1. The predicted molar refractivity (Wildman–Crippen MR) is 111 cm³/mol. The third-order valence-electron chi connectivity index (χ3n) is 4.36. The van der Waals surface area contributed by atoms with Crippen molar-refractivity contribution in [3.8, 4) is 11.5 Å². The van der Waals surface area contributed by atoms with Gasteiger partial charge in [0.05, 0.1) is 30.7 Å². The summed E-state index contributed by atoms with van der Waals surface area (Å²) >= 11 is 5.95. The molecular weight excluding hydrogens is 378 g/mol. The molecule has 0 aliphatic heterocycles. The van der Waals surface area contributed by atoms with E-state index in [9.17, 15) is 4.79 Å². The van der Waals surface area contributed by atoms with Crippen LogP contribution < -0.4 is 20.3 Å². The number of aromatic nitrogens is 2. The van der Waals surface area contributed by atoms with E-state index in [1.54, 1.807) is 18.2 Å². The summed E-state index contributed by atoms with van der Waals surface area (Å²) in [5.74, 6) is 2.03. The number of nitrogens with zero attached hydrogens (tertiary/aromatic N) is 1. The van der Waals surface area contributed by atoms with Crippen LogP contribution in [-0.4, -0.2) is 23.2 Å². The molecule has 2 N–H and O–H groups in total. The SMILES string of the molecule is CCOc1ccc(C(C)NCc2nc3ccc(Cl)cc3c(=O)[nH]2)cc1OCC. The van der Waals surface area contributed by atoms with E-state index in [0.717, 1.165) is 17.1 Å². The summed E-state index contributed by atoms with van der Waals surface area (Å²) in [7, 11) is 0. The molecule has 2 aromatic carbocycles. The highest BCUT2D eigenvalue weighted by Gasteiger charge is 2.12. The van der Waals surface area contributed by atoms with Gasteiger partial charge in [-0.15, -0.1) is 0 Å². The summed E-state index contributed by atoms with van der Waals surface area (Å²) in [6, 6.07) is 11.0. The Kier molecular flexibility index (Phi) is 6.54. The Morgan fingerprint density at radius 1 is 1.11 bits per heavy atom. The lowest BCUT2D eigenvalue weighted by Gasteiger charge is -2.17. The van der Waals surface area contributed by atoms with Gasteiger partial charge in [0.1, 0.15) is 5.82 Å². The number of hydrogen-bond acceptors (Lipinski definition) is 5. The fraction of sp³-hybridized carbons (Fsp3) is 0.333. The topological polar surface area (TPSA) is 76.2 Å². The molecule has 0 radical (unpaired) electrons. The zero-order valence-electron chi connectivity index (χ0n) is 16.2. The number of halogens is 1. The monoisotopic (exact) mass is 401 g/mol. The van der Waals surface area contributed by atoms with Crippen molar-refractivity contribution in [2.45, 2.75) is 33.4 Å². The average molecular weight is 402 g/mol. The lowest BCUT2D eigenvalue weighted by Crippen LogP contribution is -2.22. The van der Waals surface area contributed by atoms with Crippen molar-refractivity contribution in [3.05, 3.63) is 63.2 Å². The van der Waals surface area contributed by atoms with E-state index in [0.29, 0.717) is 41.5 Å². The van der Waals surface area contributed by atoms with Crippen LogP contribution in [0.15, 0.2) is 41.2 Å². The van der Waals surface area contributed by atoms with E-state index in [-0.39, 0.29) is 11.6 Å². The van der Waals surface area contributed by atoms with Crippen molar-refractivity contribution in [1.29, 1.82) is 0 Å². The second-order valence-corrected chi connectivity index (χ2v) is 6.79. The Morgan fingerprint density at radius 3 is 2.61 bits per heavy atom. The number of rotatable bonds is 8. The molecule has 3 aromatic rings. The smallest absolute Gasteiger partial charge is 0.258 e. The Morgan fingerprint density at radius 2 is 1.86 bits per heavy atom. The molecule has 1 aromatic heterocycles. The second-order valence-electron chi connectivity index (χ2n) is 6.35. The molecule has 0 fully saturated rings. The molecule has 3 rings (SSSR count). The standard InChI is InChI=1S/C21H24ClN3O3/c1-4-27-18-9-6-14(10-19(18)28-5-2)13(3)23-12-20-24-17-8-7-15(22)11-16(17)21(26)25-20/h6-11,13,23H,4-5,12H2,1-3H3,(H,24,25,26). The molecule has 0 aliphatic rings. The van der Waals surface area contributed by atoms with Crippen LogP contribution in [-0.2, 0) is 6.54 Å². The van der Waals surface area contributed by atoms with Crippen LogP contribution in [0.2, 0.25) is 5.02 Å². The number of fused-ring (bicyclic) bond motifs is 1. The Hall–Kier alpha value is -2.57. The number of H-pyrrole nitrogens is 1. The highest BCUT2D eigenvalue weighted by molar-refractivity contribution is 6.31. The van der Waals surface area contributed by atoms with E-state index in [4.69, 9.17) is 21.1 Å². The van der Waals surface area contributed by atoms with Gasteiger partial charge < -0.3 is 19.8 Å². The van der Waals surface area contributed by atoms with Gasteiger partial charge in [0.2, 0.25) is 0 Å². The summed E-state index contributed by atoms with van der Waals surface area (Å²) in [6.45, 7) is 7.51. The van der Waals surface area contributed by atoms with Crippen LogP contribution in [0.4, 0.5) is 0 Å². The Labute approximate surface area is 168 Å². The fourth-order valence-corrected chi connectivity index (χ4v) is 3.12. The maximum atomic E-state index is 12.3. The minimum Gasteiger partial charge on any atom is -0.490 e. The highest BCUT2D eigenvalue weighted by Crippen LogP contribution is 2.30. The minimum atomic E-state index is -0.198. The molecular formula is C21H24ClN3O3. The Bertz CT molecular complexity index is 1020. The third-order valence-corrected chi connectivity index (χ3v) is 4.59. The molecule has 1 heterocycles. The van der Waals surface area contributed by atoms with Crippen molar-refractivity contribution in [2.75, 3.05) is 13.2 Å². The van der Waals surface area contributed by atoms with Crippen molar-refractivity contribution in [1.82, 2.24) is 15.3 Å². The number of nitrogens with one attached hydrogen (secondary N) is 2. The molecule has 0 aliphatic carbocycles. The molecule has 1 atom stereocenters. The summed E-state index contributed by atoms with van der Waals surface area (Å²) in [4.78, 5) is 19.6. The average Bonchev–Trinajstić information content (AvgIpc) is 2.68. The molecule has 0 amide bonds. The molecule has 0 saturated carbocycles. The highest BCUT2D eigenvalue weighted by atomic mass is 35.5. The first kappa shape index (κ1) is 20.2. The first-order valence-corrected chi connectivity index (χ1v) is 9.71. The number of benzene rings is 2. The van der Waals surface area contributed by atoms with E-state index < -0.39 is 0 Å². The summed E-state index contributed by atoms with van der Waals surface area (Å²) in [5.41, 5.74) is 1.48. The van der Waals surface area contributed by atoms with Crippen molar-refractivity contribution >= 4 is 22.5 Å². The lowest BCUT2D eigenvalue weighted by molar-refractivity contribution is 0.287. The summed E-state index contributed by atoms with van der Waals surface area (Å²) in [6.07, 6.45) is 0. The van der Waals surface area contributed by atoms with E-state index in [1.165, 1.54) is 0 Å². The molecule has 0 spiro atoms. The van der Waals surface area contributed by atoms with Gasteiger partial charge in [0.25, 0.3) is 5.56 Å². The predicted octanol–water partition coefficient (Wildman–Crippen LogP) is 4.22. The normalized spacial score (nSPS) is 12.1. The van der Waals surface area contributed by atoms with Crippen LogP contribution in [0.1, 0.15) is 38.2 Å². The van der Waals surface area contributed by atoms with Gasteiger partial charge in [-0.3, -0.25) is 4.79 Å². The van der Waals surface area contributed by atoms with Gasteiger partial charge in [0, 0.05) is 11.1 Å². The van der Waals surface area contributed by atoms with E-state index >= 15 is 0 Å². The van der Waals surface area contributed by atoms with Crippen LogP contribution >= 0.6 is 11.6 Å². The van der Waals surface area contributed by atoms with Crippen LogP contribution in [0.5, 0.6) is 11.5 Å². The van der Waals surface area contributed by atoms with Crippen molar-refractivity contribution < 1.29 is 9.47 Å². The van der Waals surface area contributed by atoms with E-state index in [2.05, 4.69) is 15.3 Å². The molecule has 6 nitrogen and oxygen atoms in total. The molecule has 28 heavy (non-hydrogen) atoms. The molecule has 0 saturated heterocycles. The van der Waals surface area contributed by atoms with Gasteiger partial charge in [-0.05, 0) is 56.7 Å². The van der Waals surface area contributed by atoms with Gasteiger partial charge >= 0.3 is 0 Å². The molecule has 148 valence electrons. The van der Waals surface area contributed by atoms with Gasteiger partial charge in [0.15, 0.2) is 11.5 Å². The lowest BCUT2D eigenvalue weighted by atomic mass is 10.1. The largest absolute Gasteiger partial charge is 0.490 e. The first-order valence-electron chi connectivity index (χ1n) is 9.33.